The van der Waals surface area contributed by atoms with Crippen LogP contribution in [-0.4, -0.2) is 254 Å². The van der Waals surface area contributed by atoms with E-state index < -0.39 is 165 Å². The first-order valence-electron chi connectivity index (χ1n) is 40.3. The van der Waals surface area contributed by atoms with Crippen molar-refractivity contribution >= 4 is 116 Å². The summed E-state index contributed by atoms with van der Waals surface area (Å²) in [5.41, 5.74) is 15.7. The zero-order valence-corrected chi connectivity index (χ0v) is 75.9. The fourth-order valence-corrected chi connectivity index (χ4v) is 15.3. The molecule has 0 aromatic heterocycles. The Bertz CT molecular complexity index is 4720. The van der Waals surface area contributed by atoms with Crippen LogP contribution in [-0.2, 0) is 87.7 Å². The third-order valence-corrected chi connectivity index (χ3v) is 21.3. The molecule has 7 N–H and O–H groups in total. The van der Waals surface area contributed by atoms with E-state index >= 15 is 0 Å². The molecule has 6 aliphatic rings. The third kappa shape index (κ3) is 33.8. The highest BCUT2D eigenvalue weighted by Gasteiger charge is 2.48. The van der Waals surface area contributed by atoms with E-state index in [1.807, 2.05) is 0 Å². The molecule has 6 fully saturated rings. The maximum atomic E-state index is 14.1. The van der Waals surface area contributed by atoms with Gasteiger partial charge in [-0.25, -0.2) is 41.5 Å². The summed E-state index contributed by atoms with van der Waals surface area (Å²) < 4.78 is 105. The van der Waals surface area contributed by atoms with Crippen LogP contribution in [0.4, 0.5) is 36.7 Å². The van der Waals surface area contributed by atoms with Crippen molar-refractivity contribution < 1.29 is 123 Å². The number of ether oxygens (including phenoxy) is 4. The second-order valence-corrected chi connectivity index (χ2v) is 37.3. The number of carbonyl (C=O) groups excluding carboxylic acids is 8. The topological polar surface area (TPSA) is 487 Å². The first-order valence-corrected chi connectivity index (χ1v) is 43.7. The number of aliphatic hydroxyl groups is 3. The quantitative estimate of drug-likeness (QED) is 0.00959. The number of hydrogen-bond acceptors (Lipinski definition) is 24. The van der Waals surface area contributed by atoms with Crippen molar-refractivity contribution in [3.8, 4) is 0 Å². The molecule has 10 rings (SSSR count). The fraction of sp³-hybridized carbons (Fsp3) is 0.590. The Morgan fingerprint density at radius 3 is 1.08 bits per heavy atom. The van der Waals surface area contributed by atoms with Crippen molar-refractivity contribution in [2.75, 3.05) is 45.5 Å². The molecular formula is C83H110Cl4F4N12O22S. The van der Waals surface area contributed by atoms with E-state index in [-0.39, 0.29) is 139 Å². The van der Waals surface area contributed by atoms with Crippen LogP contribution in [0.15, 0.2) is 83.0 Å². The molecule has 6 saturated heterocycles. The Hall–Kier alpha value is -9.21. The number of ketones is 4. The molecule has 0 radical (unpaired) electrons. The molecule has 43 heteroatoms. The average Bonchev–Trinajstić information content (AvgIpc) is 2.10. The minimum absolute atomic E-state index is 0.00114. The van der Waals surface area contributed by atoms with Crippen LogP contribution in [0.25, 0.3) is 20.9 Å². The largest absolute Gasteiger partial charge is 0.480 e. The normalized spacial score (nSPS) is 22.0. The number of amides is 4. The number of likely N-dealkylation sites (tertiary alicyclic amines) is 4. The van der Waals surface area contributed by atoms with Gasteiger partial charge in [0, 0.05) is 61.7 Å². The van der Waals surface area contributed by atoms with E-state index in [1.165, 1.54) is 45.0 Å². The summed E-state index contributed by atoms with van der Waals surface area (Å²) in [5.74, 6) is -5.53. The van der Waals surface area contributed by atoms with Gasteiger partial charge in [0.2, 0.25) is 0 Å². The number of aliphatic hydroxyl groups excluding tert-OH is 3. The third-order valence-electron chi connectivity index (χ3n) is 19.6. The lowest BCUT2D eigenvalue weighted by Gasteiger charge is -2.29. The van der Waals surface area contributed by atoms with Crippen molar-refractivity contribution in [2.45, 2.75) is 268 Å². The number of aliphatic carboxylic acids is 2. The molecule has 4 aromatic carbocycles. The number of carboxylic acids is 2. The SMILES string of the molecule is CC(C)(C)OC(=O)N1CC[C@@H](N=[N+]=[N-])[C@H]1C(=O)CCc1cccc(Cl)c1F.CC(C)(C)OC(=O)N1CC[C@H](O)[C@H]1C(=O)CCc1cccc(Cl)c1F.CC(C)(C)OC(=O)N1CC[C@H](O)[C@H]1C(=O)O.CC(C)(C)OC(=O)N1CC[C@H](OS(C)(=O)=O)[C@H]1C(=O)CCc1cccc(Cl)c1F.O=C(O)[C@H]1NCC[C@@H]1O.[N-]=[N+]=N[C@@H]1CCN[C@@H]1C(=O)CCc1cccc(Cl)c1F. The Kier molecular flexibility index (Phi) is 41.1. The maximum Gasteiger partial charge on any atom is 0.411 e. The summed E-state index contributed by atoms with van der Waals surface area (Å²) in [6, 6.07) is 12.0. The summed E-state index contributed by atoms with van der Waals surface area (Å²) >= 11 is 23.0. The molecule has 0 saturated carbocycles. The summed E-state index contributed by atoms with van der Waals surface area (Å²) in [4.78, 5) is 131. The molecule has 4 aromatic rings. The van der Waals surface area contributed by atoms with Gasteiger partial charge in [-0.2, -0.15) is 8.42 Å². The second kappa shape index (κ2) is 48.3. The monoisotopic (exact) mass is 1870 g/mol. The molecule has 6 heterocycles. The number of halogens is 8. The standard InChI is InChI=1S/C19H25ClFNO6S.C18H22ClFN4O3.C18H23ClFNO4.C13H14ClFN4O.C10H17NO5.C5H9NO3/c1-19(2,3)27-18(24)22-11-10-15(28-29(4,25)26)17(22)14(23)9-8-12-6-5-7-13(20)16(12)21;1-18(2,3)27-17(26)24-10-9-13(22-23-21)16(24)14(25)8-7-11-5-4-6-12(19)15(11)20;1-18(2,3)25-17(24)21-10-9-14(23)16(21)13(22)8-7-11-5-4-6-12(19)15(11)20;14-9-3-1-2-8(12(9)15)4-5-11(20)13-10(18-19-16)6-7-17-13;1-10(2,3)16-9(15)11-5-4-6(12)7(11)8(13)14;7-3-1-2-6-4(3)5(8)9/h5-7,15,17H,8-11H2,1-4H3;4-6,13,16H,7-10H2,1-3H3;4-6,14,16,23H,7-10H2,1-3H3;1-3,10,13,17H,4-7H2;6-7,12H,4-5H2,1-3H3,(H,13,14);3-4,6-7H,1-2H2,(H,8,9)/t15-,17+;13-,16+;14-,16+;10-,13+;6-,7-;3-,4-/m010100/s1. The Morgan fingerprint density at radius 1 is 0.429 bits per heavy atom. The van der Waals surface area contributed by atoms with Crippen molar-refractivity contribution in [3.05, 3.63) is 159 Å². The number of nitrogens with zero attached hydrogens (tertiary/aromatic N) is 10. The Labute approximate surface area is 747 Å². The zero-order valence-electron chi connectivity index (χ0n) is 72.1. The Morgan fingerprint density at radius 2 is 0.738 bits per heavy atom. The first-order chi connectivity index (χ1) is 58.6. The number of nitrogens with one attached hydrogen (secondary N) is 2. The van der Waals surface area contributed by atoms with Crippen LogP contribution >= 0.6 is 46.4 Å². The summed E-state index contributed by atoms with van der Waals surface area (Å²) in [6.07, 6.45) is -2.56. The lowest BCUT2D eigenvalue weighted by atomic mass is 9.99. The highest BCUT2D eigenvalue weighted by molar-refractivity contribution is 7.86. The highest BCUT2D eigenvalue weighted by atomic mass is 35.5. The van der Waals surface area contributed by atoms with Gasteiger partial charge in [0.15, 0.2) is 23.4 Å². The van der Waals surface area contributed by atoms with Gasteiger partial charge in [-0.05, 0) is 218 Å². The van der Waals surface area contributed by atoms with Gasteiger partial charge in [-0.15, -0.1) is 0 Å². The zero-order chi connectivity index (χ0) is 94.8. The van der Waals surface area contributed by atoms with E-state index in [2.05, 4.69) is 30.7 Å². The van der Waals surface area contributed by atoms with Gasteiger partial charge in [-0.1, -0.05) is 105 Å². The summed E-state index contributed by atoms with van der Waals surface area (Å²) in [7, 11) is -3.85. The summed E-state index contributed by atoms with van der Waals surface area (Å²) in [5, 5.41) is 58.7. The fourth-order valence-electron chi connectivity index (χ4n) is 13.9. The number of hydrogen-bond donors (Lipinski definition) is 7. The van der Waals surface area contributed by atoms with E-state index in [9.17, 15) is 84.1 Å². The lowest BCUT2D eigenvalue weighted by Crippen LogP contribution is -2.48. The van der Waals surface area contributed by atoms with E-state index in [0.29, 0.717) is 55.5 Å². The van der Waals surface area contributed by atoms with Gasteiger partial charge < -0.3 is 55.1 Å². The number of rotatable bonds is 22. The van der Waals surface area contributed by atoms with Crippen LogP contribution in [0, 0.1) is 23.3 Å². The predicted molar refractivity (Wildman–Crippen MR) is 456 cm³/mol. The molecule has 0 aliphatic carbocycles. The molecule has 4 amide bonds. The molecule has 0 unspecified atom stereocenters. The number of aryl methyl sites for hydroxylation is 4. The van der Waals surface area contributed by atoms with Crippen LogP contribution in [0.3, 0.4) is 0 Å². The highest BCUT2D eigenvalue weighted by Crippen LogP contribution is 2.33. The smallest absolute Gasteiger partial charge is 0.411 e. The molecule has 0 bridgehead atoms. The van der Waals surface area contributed by atoms with Crippen molar-refractivity contribution in [3.63, 3.8) is 0 Å². The number of azide groups is 2. The van der Waals surface area contributed by atoms with Crippen molar-refractivity contribution in [2.24, 2.45) is 10.2 Å². The van der Waals surface area contributed by atoms with Crippen LogP contribution in [0.1, 0.15) is 170 Å². The number of Topliss-reactive ketones (excluding diaryl/α,β-unsaturated/α-hetero) is 4. The van der Waals surface area contributed by atoms with Crippen molar-refractivity contribution in [1.82, 2.24) is 30.2 Å². The summed E-state index contributed by atoms with van der Waals surface area (Å²) in [6.45, 7) is 22.6. The van der Waals surface area contributed by atoms with E-state index in [1.54, 1.807) is 126 Å². The molecule has 34 nitrogen and oxygen atoms in total. The maximum absolute atomic E-state index is 14.1. The number of carboxylic acid groups (broad SMARTS) is 2. The van der Waals surface area contributed by atoms with E-state index in [4.69, 9.17) is 95.9 Å². The molecule has 6 aliphatic heterocycles. The molecular weight excluding hydrogens is 1770 g/mol. The van der Waals surface area contributed by atoms with Crippen molar-refractivity contribution in [1.29, 1.82) is 0 Å². The van der Waals surface area contributed by atoms with Gasteiger partial charge in [0.05, 0.1) is 62.8 Å². The second-order valence-electron chi connectivity index (χ2n) is 34.0. The van der Waals surface area contributed by atoms with E-state index in [0.717, 1.165) is 11.2 Å². The molecule has 126 heavy (non-hydrogen) atoms. The predicted octanol–water partition coefficient (Wildman–Crippen LogP) is 13.6. The minimum atomic E-state index is -3.85. The van der Waals surface area contributed by atoms with Gasteiger partial charge >= 0.3 is 36.3 Å². The van der Waals surface area contributed by atoms with Crippen LogP contribution in [0.2, 0.25) is 20.1 Å². The molecule has 696 valence electrons. The van der Waals surface area contributed by atoms with Crippen LogP contribution < -0.4 is 10.6 Å². The first kappa shape index (κ1) is 107. The number of carbonyl (C=O) groups is 10. The van der Waals surface area contributed by atoms with Crippen LogP contribution in [0.5, 0.6) is 0 Å². The average molecular weight is 1880 g/mol. The van der Waals surface area contributed by atoms with Gasteiger partial charge in [0.1, 0.15) is 81.7 Å². The molecule has 0 spiro atoms. The Balaban J connectivity index is 0.000000275. The molecule has 12 atom stereocenters. The number of benzene rings is 4. The van der Waals surface area contributed by atoms with Gasteiger partial charge in [-0.3, -0.25) is 47.8 Å². The minimum Gasteiger partial charge on any atom is -0.480 e. The van der Waals surface area contributed by atoms with Gasteiger partial charge in [0.25, 0.3) is 10.1 Å². The lowest BCUT2D eigenvalue weighted by molar-refractivity contribution is -0.145.